The molecule has 1 heterocycles. The van der Waals surface area contributed by atoms with E-state index in [1.807, 2.05) is 0 Å². The van der Waals surface area contributed by atoms with Crippen molar-refractivity contribution < 1.29 is 13.2 Å². The number of hydrogen-bond donors (Lipinski definition) is 2. The summed E-state index contributed by atoms with van der Waals surface area (Å²) in [6, 6.07) is -0.337. The molecule has 3 aliphatic carbocycles. The van der Waals surface area contributed by atoms with Crippen LogP contribution in [-0.4, -0.2) is 0 Å². The third-order valence-electron chi connectivity index (χ3n) is 5.69. The molecule has 3 fully saturated rings. The molecule has 0 amide bonds. The van der Waals surface area contributed by atoms with Crippen molar-refractivity contribution in [2.75, 3.05) is 0 Å². The quantitative estimate of drug-likeness (QED) is 0.662. The molecule has 1 aromatic rings. The van der Waals surface area contributed by atoms with Crippen molar-refractivity contribution in [1.29, 1.82) is 0 Å². The summed E-state index contributed by atoms with van der Waals surface area (Å²) >= 11 is 1.11. The Morgan fingerprint density at radius 2 is 1.85 bits per heavy atom. The highest BCUT2D eigenvalue weighted by Gasteiger charge is 2.67. The zero-order valence-corrected chi connectivity index (χ0v) is 11.7. The lowest BCUT2D eigenvalue weighted by atomic mass is 9.93. The van der Waals surface area contributed by atoms with Gasteiger partial charge in [0.05, 0.1) is 11.6 Å². The summed E-state index contributed by atoms with van der Waals surface area (Å²) in [7, 11) is 0. The average Bonchev–Trinajstić information content (AvgIpc) is 2.80. The van der Waals surface area contributed by atoms with Crippen LogP contribution in [0.4, 0.5) is 13.2 Å². The van der Waals surface area contributed by atoms with Crippen molar-refractivity contribution in [3.05, 3.63) is 21.9 Å². The molecular weight excluding hydrogens is 285 g/mol. The Morgan fingerprint density at radius 3 is 2.40 bits per heavy atom. The minimum atomic E-state index is -4.28. The van der Waals surface area contributed by atoms with Crippen LogP contribution < -0.4 is 11.3 Å². The second-order valence-electron chi connectivity index (χ2n) is 6.45. The fraction of sp³-hybridized carbons (Fsp3) is 0.714. The van der Waals surface area contributed by atoms with Crippen LogP contribution in [0.1, 0.15) is 36.4 Å². The first kappa shape index (κ1) is 13.1. The molecule has 6 heteroatoms. The van der Waals surface area contributed by atoms with E-state index in [2.05, 4.69) is 5.43 Å². The number of nitrogens with one attached hydrogen (secondary N) is 1. The highest BCUT2D eigenvalue weighted by atomic mass is 32.1. The predicted octanol–water partition coefficient (Wildman–Crippen LogP) is 3.56. The van der Waals surface area contributed by atoms with Crippen LogP contribution in [0.5, 0.6) is 0 Å². The van der Waals surface area contributed by atoms with Crippen LogP contribution in [0.3, 0.4) is 0 Å². The Labute approximate surface area is 119 Å². The van der Waals surface area contributed by atoms with E-state index in [0.29, 0.717) is 23.3 Å². The minimum Gasteiger partial charge on any atom is -0.271 e. The first-order valence-electron chi connectivity index (χ1n) is 7.11. The zero-order valence-electron chi connectivity index (χ0n) is 10.9. The lowest BCUT2D eigenvalue weighted by Crippen LogP contribution is -2.32. The molecule has 2 nitrogen and oxygen atoms in total. The van der Waals surface area contributed by atoms with E-state index in [4.69, 9.17) is 5.84 Å². The monoisotopic (exact) mass is 302 g/mol. The Kier molecular flexibility index (Phi) is 2.76. The number of hydrazine groups is 1. The molecule has 5 atom stereocenters. The molecule has 2 bridgehead atoms. The third-order valence-corrected chi connectivity index (χ3v) is 6.45. The molecule has 0 saturated heterocycles. The lowest BCUT2D eigenvalue weighted by molar-refractivity contribution is -0.138. The van der Waals surface area contributed by atoms with Gasteiger partial charge in [-0.2, -0.15) is 24.5 Å². The van der Waals surface area contributed by atoms with E-state index in [0.717, 1.165) is 23.2 Å². The third kappa shape index (κ3) is 1.71. The summed E-state index contributed by atoms with van der Waals surface area (Å²) in [5, 5.41) is 2.82. The highest BCUT2D eigenvalue weighted by Crippen LogP contribution is 2.72. The van der Waals surface area contributed by atoms with Gasteiger partial charge in [0.25, 0.3) is 0 Å². The normalized spacial score (nSPS) is 39.9. The average molecular weight is 302 g/mol. The molecule has 0 aromatic carbocycles. The van der Waals surface area contributed by atoms with E-state index < -0.39 is 11.7 Å². The van der Waals surface area contributed by atoms with Gasteiger partial charge in [0, 0.05) is 5.38 Å². The van der Waals surface area contributed by atoms with Gasteiger partial charge in [-0.15, -0.1) is 0 Å². The van der Waals surface area contributed by atoms with Gasteiger partial charge in [-0.25, -0.2) is 0 Å². The SMILES string of the molecule is NNC(c1cscc1C(F)(F)F)C1C2C3CCC(C3)C21. The van der Waals surface area contributed by atoms with Crippen molar-refractivity contribution in [3.63, 3.8) is 0 Å². The predicted molar refractivity (Wildman–Crippen MR) is 70.7 cm³/mol. The van der Waals surface area contributed by atoms with Crippen LogP contribution in [0.2, 0.25) is 0 Å². The van der Waals surface area contributed by atoms with Crippen LogP contribution >= 0.6 is 11.3 Å². The summed E-state index contributed by atoms with van der Waals surface area (Å²) < 4.78 is 39.2. The molecule has 20 heavy (non-hydrogen) atoms. The van der Waals surface area contributed by atoms with E-state index in [-0.39, 0.29) is 6.04 Å². The van der Waals surface area contributed by atoms with E-state index in [9.17, 15) is 13.2 Å². The van der Waals surface area contributed by atoms with Gasteiger partial charge in [-0.1, -0.05) is 0 Å². The first-order chi connectivity index (χ1) is 9.52. The maximum Gasteiger partial charge on any atom is 0.417 e. The Hall–Kier alpha value is -0.590. The highest BCUT2D eigenvalue weighted by molar-refractivity contribution is 7.08. The standard InChI is InChI=1S/C14H17F3N2S/c15-14(16,17)9-5-20-4-8(9)13(19-18)12-10-6-1-2-7(3-6)11(10)12/h4-7,10-13,19H,1-3,18H2. The molecule has 0 radical (unpaired) electrons. The van der Waals surface area contributed by atoms with Crippen molar-refractivity contribution in [2.24, 2.45) is 35.4 Å². The number of fused-ring (bicyclic) bond motifs is 5. The fourth-order valence-corrected chi connectivity index (χ4v) is 5.92. The maximum atomic E-state index is 13.1. The van der Waals surface area contributed by atoms with Gasteiger partial charge < -0.3 is 0 Å². The molecule has 110 valence electrons. The summed E-state index contributed by atoms with van der Waals surface area (Å²) in [5.74, 6) is 8.61. The van der Waals surface area contributed by atoms with Crippen LogP contribution in [0.25, 0.3) is 0 Å². The second-order valence-corrected chi connectivity index (χ2v) is 7.19. The number of rotatable bonds is 3. The molecule has 1 aromatic heterocycles. The number of thiophene rings is 1. The van der Waals surface area contributed by atoms with Crippen molar-refractivity contribution >= 4 is 11.3 Å². The number of hydrogen-bond acceptors (Lipinski definition) is 3. The summed E-state index contributed by atoms with van der Waals surface area (Å²) in [5.41, 5.74) is 2.52. The molecule has 3 saturated carbocycles. The largest absolute Gasteiger partial charge is 0.417 e. The van der Waals surface area contributed by atoms with Crippen LogP contribution in [-0.2, 0) is 6.18 Å². The van der Waals surface area contributed by atoms with Crippen molar-refractivity contribution in [2.45, 2.75) is 31.5 Å². The van der Waals surface area contributed by atoms with Crippen molar-refractivity contribution in [1.82, 2.24) is 5.43 Å². The smallest absolute Gasteiger partial charge is 0.271 e. The van der Waals surface area contributed by atoms with E-state index in [1.165, 1.54) is 24.6 Å². The van der Waals surface area contributed by atoms with Gasteiger partial charge >= 0.3 is 6.18 Å². The zero-order chi connectivity index (χ0) is 14.1. The van der Waals surface area contributed by atoms with Crippen molar-refractivity contribution in [3.8, 4) is 0 Å². The number of nitrogens with two attached hydrogens (primary N) is 1. The Morgan fingerprint density at radius 1 is 1.20 bits per heavy atom. The fourth-order valence-electron chi connectivity index (χ4n) is 5.02. The Balaban J connectivity index is 1.63. The lowest BCUT2D eigenvalue weighted by Gasteiger charge is -2.21. The maximum absolute atomic E-state index is 13.1. The molecular formula is C14H17F3N2S. The van der Waals surface area contributed by atoms with E-state index >= 15 is 0 Å². The summed E-state index contributed by atoms with van der Waals surface area (Å²) in [6.45, 7) is 0. The van der Waals surface area contributed by atoms with Crippen LogP contribution in [0, 0.1) is 29.6 Å². The molecule has 0 aliphatic heterocycles. The second kappa shape index (κ2) is 4.21. The number of alkyl halides is 3. The topological polar surface area (TPSA) is 38.0 Å². The molecule has 3 aliphatic rings. The van der Waals surface area contributed by atoms with Crippen LogP contribution in [0.15, 0.2) is 10.8 Å². The van der Waals surface area contributed by atoms with Gasteiger partial charge in [-0.05, 0) is 59.8 Å². The van der Waals surface area contributed by atoms with E-state index in [1.54, 1.807) is 5.38 Å². The van der Waals surface area contributed by atoms with Gasteiger partial charge in [0.1, 0.15) is 0 Å². The molecule has 3 N–H and O–H groups in total. The minimum absolute atomic E-state index is 0.307. The Bertz CT molecular complexity index is 511. The molecule has 4 rings (SSSR count). The van der Waals surface area contributed by atoms with Gasteiger partial charge in [0.15, 0.2) is 0 Å². The molecule has 0 spiro atoms. The van der Waals surface area contributed by atoms with Gasteiger partial charge in [-0.3, -0.25) is 11.3 Å². The van der Waals surface area contributed by atoms with Gasteiger partial charge in [0.2, 0.25) is 0 Å². The first-order valence-corrected chi connectivity index (χ1v) is 8.06. The summed E-state index contributed by atoms with van der Waals surface area (Å²) in [6.07, 6.45) is -0.475. The molecule has 5 unspecified atom stereocenters. The summed E-state index contributed by atoms with van der Waals surface area (Å²) in [4.78, 5) is 0. The number of halogens is 3.